The van der Waals surface area contributed by atoms with Gasteiger partial charge in [0.1, 0.15) is 0 Å². The number of hydrogen-bond acceptors (Lipinski definition) is 5. The molecule has 0 aliphatic carbocycles. The van der Waals surface area contributed by atoms with Crippen molar-refractivity contribution in [2.45, 2.75) is 22.6 Å². The first-order chi connectivity index (χ1) is 15.2. The number of halogens is 4. The van der Waals surface area contributed by atoms with Gasteiger partial charge in [0.15, 0.2) is 5.16 Å². The van der Waals surface area contributed by atoms with E-state index in [1.807, 2.05) is 0 Å². The molecule has 4 rings (SSSR count). The SMILES string of the molecule is O=C(CSc1nc2c(c(=O)n1-c1ccc(Br)cc1)SCC2)Nc1ccccc1C(F)(F)F. The lowest BCUT2D eigenvalue weighted by molar-refractivity contribution is -0.137. The number of aromatic nitrogens is 2. The smallest absolute Gasteiger partial charge is 0.325 e. The van der Waals surface area contributed by atoms with E-state index in [4.69, 9.17) is 0 Å². The number of benzene rings is 2. The number of hydrogen-bond donors (Lipinski definition) is 1. The van der Waals surface area contributed by atoms with E-state index in [1.165, 1.54) is 34.5 Å². The first kappa shape index (κ1) is 22.9. The molecule has 0 atom stereocenters. The van der Waals surface area contributed by atoms with Gasteiger partial charge in [-0.05, 0) is 36.4 Å². The number of carbonyl (C=O) groups excluding carboxylic acids is 1. The molecule has 1 N–H and O–H groups in total. The standard InChI is InChI=1S/C21H15BrF3N3O2S2/c22-12-5-7-13(8-6-12)28-19(30)18-16(9-10-31-18)27-20(28)32-11-17(29)26-15-4-2-1-3-14(15)21(23,24)25/h1-8H,9-11H2,(H,26,29). The topological polar surface area (TPSA) is 64.0 Å². The Bertz CT molecular complexity index is 1230. The zero-order valence-corrected chi connectivity index (χ0v) is 19.5. The number of amides is 1. The molecule has 1 amide bonds. The summed E-state index contributed by atoms with van der Waals surface area (Å²) in [4.78, 5) is 30.7. The van der Waals surface area contributed by atoms with Gasteiger partial charge in [-0.15, -0.1) is 11.8 Å². The maximum Gasteiger partial charge on any atom is 0.418 e. The summed E-state index contributed by atoms with van der Waals surface area (Å²) in [6.45, 7) is 0. The quantitative estimate of drug-likeness (QED) is 0.346. The Balaban J connectivity index is 1.60. The summed E-state index contributed by atoms with van der Waals surface area (Å²) >= 11 is 5.81. The number of aryl methyl sites for hydroxylation is 1. The van der Waals surface area contributed by atoms with Gasteiger partial charge in [0.2, 0.25) is 5.91 Å². The number of carbonyl (C=O) groups is 1. The molecule has 1 aliphatic rings. The third-order valence-corrected chi connectivity index (χ3v) is 7.16. The van der Waals surface area contributed by atoms with Gasteiger partial charge in [-0.1, -0.05) is 39.8 Å². The van der Waals surface area contributed by atoms with E-state index in [9.17, 15) is 22.8 Å². The molecule has 2 aromatic carbocycles. The van der Waals surface area contributed by atoms with Crippen molar-refractivity contribution in [1.82, 2.24) is 9.55 Å². The molecular formula is C21H15BrF3N3O2S2. The average molecular weight is 542 g/mol. The van der Waals surface area contributed by atoms with Gasteiger partial charge in [-0.25, -0.2) is 4.98 Å². The van der Waals surface area contributed by atoms with Crippen LogP contribution in [0.3, 0.4) is 0 Å². The van der Waals surface area contributed by atoms with Crippen LogP contribution in [0.4, 0.5) is 18.9 Å². The maximum absolute atomic E-state index is 13.2. The van der Waals surface area contributed by atoms with Gasteiger partial charge < -0.3 is 5.32 Å². The van der Waals surface area contributed by atoms with Crippen molar-refractivity contribution < 1.29 is 18.0 Å². The Kier molecular flexibility index (Phi) is 6.68. The van der Waals surface area contributed by atoms with E-state index >= 15 is 0 Å². The first-order valence-electron chi connectivity index (χ1n) is 9.37. The number of para-hydroxylation sites is 1. The molecule has 0 saturated carbocycles. The van der Waals surface area contributed by atoms with Gasteiger partial charge in [-0.3, -0.25) is 14.2 Å². The van der Waals surface area contributed by atoms with Crippen LogP contribution >= 0.6 is 39.5 Å². The van der Waals surface area contributed by atoms with E-state index in [2.05, 4.69) is 26.2 Å². The average Bonchev–Trinajstić information content (AvgIpc) is 3.22. The van der Waals surface area contributed by atoms with Crippen molar-refractivity contribution in [3.05, 3.63) is 74.6 Å². The van der Waals surface area contributed by atoms with Crippen molar-refractivity contribution in [3.63, 3.8) is 0 Å². The lowest BCUT2D eigenvalue weighted by Gasteiger charge is -2.15. The summed E-state index contributed by atoms with van der Waals surface area (Å²) in [5.74, 6) is -0.0832. The Morgan fingerprint density at radius 1 is 1.19 bits per heavy atom. The third kappa shape index (κ3) is 4.89. The minimum Gasteiger partial charge on any atom is -0.325 e. The van der Waals surface area contributed by atoms with E-state index in [0.717, 1.165) is 28.1 Å². The highest BCUT2D eigenvalue weighted by Crippen LogP contribution is 2.35. The predicted octanol–water partition coefficient (Wildman–Crippen LogP) is 5.39. The molecule has 0 unspecified atom stereocenters. The number of fused-ring (bicyclic) bond motifs is 1. The van der Waals surface area contributed by atoms with Crippen LogP contribution in [0, 0.1) is 0 Å². The second kappa shape index (κ2) is 9.32. The molecule has 0 bridgehead atoms. The molecule has 11 heteroatoms. The van der Waals surface area contributed by atoms with Gasteiger partial charge in [0, 0.05) is 16.6 Å². The molecule has 1 aromatic heterocycles. The molecule has 0 spiro atoms. The summed E-state index contributed by atoms with van der Waals surface area (Å²) in [6, 6.07) is 11.9. The molecule has 0 saturated heterocycles. The minimum absolute atomic E-state index is 0.207. The number of alkyl halides is 3. The molecule has 0 radical (unpaired) electrons. The van der Waals surface area contributed by atoms with Crippen LogP contribution in [0.25, 0.3) is 5.69 Å². The lowest BCUT2D eigenvalue weighted by Crippen LogP contribution is -2.25. The summed E-state index contributed by atoms with van der Waals surface area (Å²) < 4.78 is 41.8. The lowest BCUT2D eigenvalue weighted by atomic mass is 10.1. The first-order valence-corrected chi connectivity index (χ1v) is 12.1. The maximum atomic E-state index is 13.2. The van der Waals surface area contributed by atoms with Crippen LogP contribution in [0.15, 0.2) is 67.9 Å². The fourth-order valence-electron chi connectivity index (χ4n) is 3.16. The second-order valence-electron chi connectivity index (χ2n) is 6.77. The Labute approximate surface area is 197 Å². The third-order valence-electron chi connectivity index (χ3n) is 4.59. The zero-order chi connectivity index (χ0) is 22.9. The largest absolute Gasteiger partial charge is 0.418 e. The van der Waals surface area contributed by atoms with Crippen molar-refractivity contribution in [1.29, 1.82) is 0 Å². The molecule has 2 heterocycles. The number of rotatable bonds is 5. The molecular weight excluding hydrogens is 527 g/mol. The number of thioether (sulfide) groups is 2. The second-order valence-corrected chi connectivity index (χ2v) is 9.73. The highest BCUT2D eigenvalue weighted by molar-refractivity contribution is 9.10. The number of nitrogens with zero attached hydrogens (tertiary/aromatic N) is 2. The van der Waals surface area contributed by atoms with Crippen molar-refractivity contribution in [3.8, 4) is 5.69 Å². The monoisotopic (exact) mass is 541 g/mol. The number of nitrogens with one attached hydrogen (secondary N) is 1. The summed E-state index contributed by atoms with van der Waals surface area (Å²) in [7, 11) is 0. The Morgan fingerprint density at radius 3 is 2.62 bits per heavy atom. The van der Waals surface area contributed by atoms with Crippen LogP contribution < -0.4 is 10.9 Å². The van der Waals surface area contributed by atoms with Crippen molar-refractivity contribution in [2.24, 2.45) is 0 Å². The van der Waals surface area contributed by atoms with Crippen LogP contribution in [-0.2, 0) is 17.4 Å². The van der Waals surface area contributed by atoms with Gasteiger partial charge >= 0.3 is 6.18 Å². The number of anilines is 1. The van der Waals surface area contributed by atoms with Gasteiger partial charge in [0.05, 0.1) is 33.3 Å². The Morgan fingerprint density at radius 2 is 1.91 bits per heavy atom. The molecule has 3 aromatic rings. The van der Waals surface area contributed by atoms with Crippen LogP contribution in [0.1, 0.15) is 11.3 Å². The Hall–Kier alpha value is -2.24. The zero-order valence-electron chi connectivity index (χ0n) is 16.3. The van der Waals surface area contributed by atoms with E-state index < -0.39 is 17.6 Å². The molecule has 0 fully saturated rings. The fourth-order valence-corrected chi connectivity index (χ4v) is 5.28. The van der Waals surface area contributed by atoms with Crippen LogP contribution in [0.5, 0.6) is 0 Å². The summed E-state index contributed by atoms with van der Waals surface area (Å²) in [5, 5.41) is 2.63. The summed E-state index contributed by atoms with van der Waals surface area (Å²) in [5.41, 5.74) is -0.179. The molecule has 32 heavy (non-hydrogen) atoms. The van der Waals surface area contributed by atoms with Crippen LogP contribution in [-0.4, -0.2) is 27.0 Å². The van der Waals surface area contributed by atoms with Gasteiger partial charge in [-0.2, -0.15) is 13.2 Å². The summed E-state index contributed by atoms with van der Waals surface area (Å²) in [6.07, 6.45) is -3.94. The van der Waals surface area contributed by atoms with Crippen molar-refractivity contribution >= 4 is 51.0 Å². The predicted molar refractivity (Wildman–Crippen MR) is 123 cm³/mol. The minimum atomic E-state index is -4.59. The molecule has 1 aliphatic heterocycles. The normalized spacial score (nSPS) is 13.1. The molecule has 5 nitrogen and oxygen atoms in total. The molecule has 166 valence electrons. The fraction of sp³-hybridized carbons (Fsp3) is 0.190. The van der Waals surface area contributed by atoms with E-state index in [1.54, 1.807) is 24.3 Å². The van der Waals surface area contributed by atoms with Crippen LogP contribution in [0.2, 0.25) is 0 Å². The highest BCUT2D eigenvalue weighted by Gasteiger charge is 2.33. The van der Waals surface area contributed by atoms with Crippen molar-refractivity contribution in [2.75, 3.05) is 16.8 Å². The van der Waals surface area contributed by atoms with E-state index in [0.29, 0.717) is 27.9 Å². The highest BCUT2D eigenvalue weighted by atomic mass is 79.9. The van der Waals surface area contributed by atoms with Gasteiger partial charge in [0.25, 0.3) is 5.56 Å². The van der Waals surface area contributed by atoms with E-state index in [-0.39, 0.29) is 17.0 Å².